The number of nitrogens with zero attached hydrogens (tertiary/aromatic N) is 2. The lowest BCUT2D eigenvalue weighted by Gasteiger charge is -2.23. The first-order valence-electron chi connectivity index (χ1n) is 10.3. The molecule has 0 spiro atoms. The summed E-state index contributed by atoms with van der Waals surface area (Å²) in [5.41, 5.74) is 3.55. The van der Waals surface area contributed by atoms with Gasteiger partial charge in [-0.15, -0.1) is 0 Å². The van der Waals surface area contributed by atoms with Gasteiger partial charge in [0, 0.05) is 12.4 Å². The fourth-order valence-corrected chi connectivity index (χ4v) is 3.48. The maximum Gasteiger partial charge on any atom is 0.227 e. The minimum absolute atomic E-state index is 0.0253. The maximum atomic E-state index is 12.8. The van der Waals surface area contributed by atoms with Crippen LogP contribution in [-0.4, -0.2) is 23.0 Å². The van der Waals surface area contributed by atoms with Crippen molar-refractivity contribution in [2.24, 2.45) is 0 Å². The number of fused-ring (bicyclic) bond motifs is 1. The Morgan fingerprint density at radius 2 is 1.87 bits per heavy atom. The number of aromatic nitrogens is 1. The highest BCUT2D eigenvalue weighted by Gasteiger charge is 2.21. The van der Waals surface area contributed by atoms with Gasteiger partial charge in [0.05, 0.1) is 23.7 Å². The molecular weight excluding hydrogens is 392 g/mol. The van der Waals surface area contributed by atoms with Crippen LogP contribution < -0.4 is 4.74 Å². The number of aryl methyl sites for hydroxylation is 2. The maximum absolute atomic E-state index is 12.8. The van der Waals surface area contributed by atoms with Gasteiger partial charge in [0.1, 0.15) is 29.5 Å². The molecule has 2 heterocycles. The average Bonchev–Trinajstić information content (AvgIpc) is 3.35. The molecule has 0 N–H and O–H groups in total. The SMILES string of the molecule is Cc1noc(C)c1COc1ccc(CC(=O)N(C)[C@H](C)c2cc3ccccc3o2)cc1. The Hall–Kier alpha value is -3.54. The van der Waals surface area contributed by atoms with E-state index in [-0.39, 0.29) is 11.9 Å². The van der Waals surface area contributed by atoms with Gasteiger partial charge in [0.2, 0.25) is 5.91 Å². The van der Waals surface area contributed by atoms with Crippen LogP contribution in [0, 0.1) is 13.8 Å². The number of likely N-dealkylation sites (N-methyl/N-ethyl adjacent to an activating group) is 1. The molecule has 1 atom stereocenters. The fourth-order valence-electron chi connectivity index (χ4n) is 3.48. The zero-order chi connectivity index (χ0) is 22.0. The molecule has 2 aromatic carbocycles. The molecule has 1 amide bonds. The summed E-state index contributed by atoms with van der Waals surface area (Å²) in [4.78, 5) is 14.5. The molecule has 31 heavy (non-hydrogen) atoms. The van der Waals surface area contributed by atoms with Gasteiger partial charge in [-0.25, -0.2) is 0 Å². The molecule has 0 unspecified atom stereocenters. The van der Waals surface area contributed by atoms with Gasteiger partial charge in [-0.1, -0.05) is 35.5 Å². The summed E-state index contributed by atoms with van der Waals surface area (Å²) in [5.74, 6) is 2.30. The summed E-state index contributed by atoms with van der Waals surface area (Å²) in [6.45, 7) is 6.14. The van der Waals surface area contributed by atoms with Gasteiger partial charge < -0.3 is 18.6 Å². The number of amides is 1. The largest absolute Gasteiger partial charge is 0.489 e. The highest BCUT2D eigenvalue weighted by molar-refractivity contribution is 5.80. The number of furan rings is 1. The van der Waals surface area contributed by atoms with E-state index in [4.69, 9.17) is 13.7 Å². The first-order chi connectivity index (χ1) is 14.9. The minimum Gasteiger partial charge on any atom is -0.489 e. The Kier molecular flexibility index (Phi) is 5.80. The van der Waals surface area contributed by atoms with Crippen molar-refractivity contribution >= 4 is 16.9 Å². The lowest BCUT2D eigenvalue weighted by molar-refractivity contribution is -0.131. The van der Waals surface area contributed by atoms with Crippen LogP contribution in [0.5, 0.6) is 5.75 Å². The Morgan fingerprint density at radius 1 is 1.13 bits per heavy atom. The van der Waals surface area contributed by atoms with Crippen molar-refractivity contribution < 1.29 is 18.5 Å². The van der Waals surface area contributed by atoms with Gasteiger partial charge in [0.25, 0.3) is 0 Å². The van der Waals surface area contributed by atoms with E-state index in [9.17, 15) is 4.79 Å². The van der Waals surface area contributed by atoms with Crippen molar-refractivity contribution in [2.75, 3.05) is 7.05 Å². The number of rotatable bonds is 7. The molecule has 6 heteroatoms. The Balaban J connectivity index is 1.36. The summed E-state index contributed by atoms with van der Waals surface area (Å²) in [6, 6.07) is 17.3. The van der Waals surface area contributed by atoms with Crippen LogP contribution in [0.2, 0.25) is 0 Å². The monoisotopic (exact) mass is 418 g/mol. The number of hydrogen-bond acceptors (Lipinski definition) is 5. The van der Waals surface area contributed by atoms with Gasteiger partial charge in [-0.3, -0.25) is 4.79 Å². The summed E-state index contributed by atoms with van der Waals surface area (Å²) in [7, 11) is 1.81. The van der Waals surface area contributed by atoms with Crippen LogP contribution in [-0.2, 0) is 17.8 Å². The summed E-state index contributed by atoms with van der Waals surface area (Å²) in [5, 5.41) is 4.98. The van der Waals surface area contributed by atoms with Crippen LogP contribution in [0.3, 0.4) is 0 Å². The van der Waals surface area contributed by atoms with E-state index in [1.807, 2.05) is 75.4 Å². The zero-order valence-corrected chi connectivity index (χ0v) is 18.2. The molecule has 6 nitrogen and oxygen atoms in total. The second kappa shape index (κ2) is 8.68. The summed E-state index contributed by atoms with van der Waals surface area (Å²) < 4.78 is 16.9. The molecule has 160 valence electrons. The van der Waals surface area contributed by atoms with E-state index in [0.29, 0.717) is 13.0 Å². The first kappa shape index (κ1) is 20.7. The predicted molar refractivity (Wildman–Crippen MR) is 118 cm³/mol. The molecule has 0 aliphatic carbocycles. The summed E-state index contributed by atoms with van der Waals surface area (Å²) in [6.07, 6.45) is 0.311. The van der Waals surface area contributed by atoms with Crippen molar-refractivity contribution in [1.82, 2.24) is 10.1 Å². The van der Waals surface area contributed by atoms with Crippen molar-refractivity contribution in [2.45, 2.75) is 39.8 Å². The Labute approximate surface area is 181 Å². The van der Waals surface area contributed by atoms with Crippen molar-refractivity contribution in [3.63, 3.8) is 0 Å². The minimum atomic E-state index is -0.155. The first-order valence-corrected chi connectivity index (χ1v) is 10.3. The fraction of sp³-hybridized carbons (Fsp3) is 0.280. The number of carbonyl (C=O) groups is 1. The third-order valence-corrected chi connectivity index (χ3v) is 5.67. The third-order valence-electron chi connectivity index (χ3n) is 5.67. The van der Waals surface area contributed by atoms with E-state index < -0.39 is 0 Å². The molecule has 0 saturated heterocycles. The van der Waals surface area contributed by atoms with Gasteiger partial charge in [0.15, 0.2) is 0 Å². The molecule has 0 fully saturated rings. The van der Waals surface area contributed by atoms with Crippen LogP contribution in [0.4, 0.5) is 0 Å². The molecule has 0 saturated carbocycles. The third kappa shape index (κ3) is 4.48. The average molecular weight is 418 g/mol. The van der Waals surface area contributed by atoms with Crippen molar-refractivity contribution in [1.29, 1.82) is 0 Å². The van der Waals surface area contributed by atoms with Crippen LogP contribution in [0.1, 0.15) is 41.3 Å². The van der Waals surface area contributed by atoms with Crippen LogP contribution >= 0.6 is 0 Å². The highest BCUT2D eigenvalue weighted by Crippen LogP contribution is 2.27. The van der Waals surface area contributed by atoms with Gasteiger partial charge in [-0.05, 0) is 50.6 Å². The molecule has 0 bridgehead atoms. The van der Waals surface area contributed by atoms with E-state index >= 15 is 0 Å². The number of benzene rings is 2. The lowest BCUT2D eigenvalue weighted by atomic mass is 10.1. The number of para-hydroxylation sites is 1. The summed E-state index contributed by atoms with van der Waals surface area (Å²) >= 11 is 0. The molecule has 0 aliphatic rings. The topological polar surface area (TPSA) is 68.7 Å². The normalized spacial score (nSPS) is 12.1. The standard InChI is InChI=1S/C25H26N2O4/c1-16-22(18(3)31-26-16)15-29-21-11-9-19(10-12-21)13-25(28)27(4)17(2)24-14-20-7-5-6-8-23(20)30-24/h5-12,14,17H,13,15H2,1-4H3/t17-/m1/s1. The molecule has 4 aromatic rings. The second-order valence-corrected chi connectivity index (χ2v) is 7.78. The quantitative estimate of drug-likeness (QED) is 0.403. The molecule has 2 aromatic heterocycles. The molecule has 4 rings (SSSR count). The highest BCUT2D eigenvalue weighted by atomic mass is 16.5. The Bertz CT molecular complexity index is 1140. The van der Waals surface area contributed by atoms with Crippen LogP contribution in [0.25, 0.3) is 11.0 Å². The lowest BCUT2D eigenvalue weighted by Crippen LogP contribution is -2.30. The van der Waals surface area contributed by atoms with E-state index in [1.54, 1.807) is 11.9 Å². The predicted octanol–water partition coefficient (Wildman–Crippen LogP) is 5.38. The van der Waals surface area contributed by atoms with Crippen molar-refractivity contribution in [3.8, 4) is 5.75 Å². The van der Waals surface area contributed by atoms with Crippen LogP contribution in [0.15, 0.2) is 63.5 Å². The zero-order valence-electron chi connectivity index (χ0n) is 18.2. The second-order valence-electron chi connectivity index (χ2n) is 7.78. The van der Waals surface area contributed by atoms with E-state index in [2.05, 4.69) is 5.16 Å². The Morgan fingerprint density at radius 3 is 2.55 bits per heavy atom. The van der Waals surface area contributed by atoms with Crippen molar-refractivity contribution in [3.05, 3.63) is 82.9 Å². The molecule has 0 radical (unpaired) electrons. The molecular formula is C25H26N2O4. The number of ether oxygens (including phenoxy) is 1. The van der Waals surface area contributed by atoms with E-state index in [0.717, 1.165) is 45.1 Å². The number of hydrogen-bond donors (Lipinski definition) is 0. The number of carbonyl (C=O) groups excluding carboxylic acids is 1. The molecule has 0 aliphatic heterocycles. The smallest absolute Gasteiger partial charge is 0.227 e. The van der Waals surface area contributed by atoms with E-state index in [1.165, 1.54) is 0 Å². The van der Waals surface area contributed by atoms with Gasteiger partial charge >= 0.3 is 0 Å². The van der Waals surface area contributed by atoms with Gasteiger partial charge in [-0.2, -0.15) is 0 Å².